The van der Waals surface area contributed by atoms with Gasteiger partial charge in [0.2, 0.25) is 0 Å². The first-order valence-electron chi connectivity index (χ1n) is 19.2. The summed E-state index contributed by atoms with van der Waals surface area (Å²) in [6, 6.07) is 0. The summed E-state index contributed by atoms with van der Waals surface area (Å²) in [5.74, 6) is 0. The van der Waals surface area contributed by atoms with Gasteiger partial charge in [0, 0.05) is 47.8 Å². The molecule has 98 valence electrons. The Kier molecular flexibility index (Phi) is 1.77. The Balaban J connectivity index is 7.61. The maximum absolute atomic E-state index is 8.13. The van der Waals surface area contributed by atoms with Gasteiger partial charge in [-0.3, -0.25) is 0 Å². The van der Waals surface area contributed by atoms with Crippen molar-refractivity contribution in [2.24, 2.45) is 0 Å². The molecule has 0 N–H and O–H groups in total. The molecule has 0 aromatic heterocycles. The predicted molar refractivity (Wildman–Crippen MR) is 79.5 cm³/mol. The molecule has 0 aromatic carbocycles. The first-order chi connectivity index (χ1) is 19.5. The average molecular weight is 323 g/mol. The third kappa shape index (κ3) is 14.5. The van der Waals surface area contributed by atoms with E-state index >= 15 is 0 Å². The van der Waals surface area contributed by atoms with Gasteiger partial charge in [-0.1, -0.05) is 99.3 Å². The Labute approximate surface area is 155 Å². The molecule has 0 amide bonds. The summed E-state index contributed by atoms with van der Waals surface area (Å²) in [4.78, 5) is 0. The molecule has 0 bridgehead atoms. The highest BCUT2D eigenvalue weighted by atomic mass is 79.9. The first-order valence-corrected chi connectivity index (χ1v) is 4.48. The van der Waals surface area contributed by atoms with Crippen LogP contribution >= 0.6 is 15.9 Å². The van der Waals surface area contributed by atoms with E-state index in [0.717, 1.165) is 0 Å². The number of alkyl halides is 1. The summed E-state index contributed by atoms with van der Waals surface area (Å²) in [6.45, 7) is -4.08. The fourth-order valence-electron chi connectivity index (χ4n) is 0.367. The highest BCUT2D eigenvalue weighted by Gasteiger charge is 1.92. The third-order valence-electron chi connectivity index (χ3n) is 0.797. The van der Waals surface area contributed by atoms with Gasteiger partial charge < -0.3 is 0 Å². The highest BCUT2D eigenvalue weighted by molar-refractivity contribution is 9.09. The first kappa shape index (κ1) is 1.83. The zero-order valence-electron chi connectivity index (χ0n) is 38.9. The summed E-state index contributed by atoms with van der Waals surface area (Å²) >= 11 is 2.10. The molecule has 0 spiro atoms. The molecule has 0 heterocycles. The molecular weight excluding hydrogens is 260 g/mol. The predicted octanol–water partition coefficient (Wildman–Crippen LogP) is 6.47. The minimum absolute atomic E-state index is 2.10. The maximum Gasteiger partial charge on any atom is 0.0387 e. The lowest BCUT2D eigenvalue weighted by molar-refractivity contribution is 0.543. The average Bonchev–Trinajstić information content (AvgIpc) is 2.80. The fourth-order valence-corrected chi connectivity index (χ4v) is 0.466. The minimum atomic E-state index is -5.04. The van der Waals surface area contributed by atoms with Crippen LogP contribution in [0.5, 0.6) is 0 Å². The van der Waals surface area contributed by atoms with Crippen molar-refractivity contribution in [3.05, 3.63) is 0 Å². The van der Waals surface area contributed by atoms with Gasteiger partial charge in [0.25, 0.3) is 0 Å². The molecule has 0 aliphatic rings. The molecule has 0 aromatic rings. The van der Waals surface area contributed by atoms with Crippen molar-refractivity contribution in [2.75, 3.05) is 5.28 Å². The Morgan fingerprint density at radius 1 is 0.688 bits per heavy atom. The molecule has 0 atom stereocenters. The van der Waals surface area contributed by atoms with E-state index in [-0.39, 0.29) is 0 Å². The second kappa shape index (κ2) is 15.5. The smallest absolute Gasteiger partial charge is 0.0387 e. The van der Waals surface area contributed by atoms with Crippen LogP contribution in [-0.4, -0.2) is 5.28 Å². The van der Waals surface area contributed by atoms with E-state index in [2.05, 4.69) is 15.9 Å². The van der Waals surface area contributed by atoms with Crippen molar-refractivity contribution >= 4 is 15.9 Å². The second-order valence-electron chi connectivity index (χ2n) is 1.72. The van der Waals surface area contributed by atoms with Crippen LogP contribution in [0.3, 0.4) is 0 Å². The Morgan fingerprint density at radius 3 is 1.44 bits per heavy atom. The normalized spacial score (nSPS) is 52.9. The lowest BCUT2D eigenvalue weighted by Crippen LogP contribution is -1.83. The summed E-state index contributed by atoms with van der Waals surface area (Å²) in [5.41, 5.74) is 0. The van der Waals surface area contributed by atoms with Crippen LogP contribution in [0.25, 0.3) is 0 Å². The molecule has 0 rings (SSSR count). The standard InChI is InChI=1S/C15H31Br/c1-2-3-4-5-6-7-8-9-10-11-12-13-14-15-16/h2-15H2,1H3/i1D3,2D2,3D2,4D2,5D2,6D2,7D2,8D2,9D2,10D2,11D2,12D2,13D2,14D2,15D2. The highest BCUT2D eigenvalue weighted by Crippen LogP contribution is 2.12. The van der Waals surface area contributed by atoms with Gasteiger partial charge in [-0.15, -0.1) is 0 Å². The van der Waals surface area contributed by atoms with Crippen LogP contribution in [-0.2, 0) is 0 Å². The Morgan fingerprint density at radius 2 is 1.06 bits per heavy atom. The van der Waals surface area contributed by atoms with E-state index in [0.29, 0.717) is 0 Å². The quantitative estimate of drug-likeness (QED) is 0.341. The number of halogens is 1. The van der Waals surface area contributed by atoms with E-state index in [1.54, 1.807) is 0 Å². The number of rotatable bonds is 13. The zero-order valence-corrected chi connectivity index (χ0v) is 9.46. The van der Waals surface area contributed by atoms with Crippen molar-refractivity contribution in [2.45, 2.75) is 89.7 Å². The summed E-state index contributed by atoms with van der Waals surface area (Å²) in [7, 11) is 0. The van der Waals surface area contributed by atoms with Crippen LogP contribution < -0.4 is 0 Å². The van der Waals surface area contributed by atoms with Gasteiger partial charge >= 0.3 is 0 Å². The Bertz CT molecular complexity index is 1060. The molecule has 0 saturated heterocycles. The number of hydrogen-bond acceptors (Lipinski definition) is 0. The lowest BCUT2D eigenvalue weighted by atomic mass is 10.1. The molecule has 0 fully saturated rings. The second-order valence-corrected chi connectivity index (χ2v) is 2.12. The van der Waals surface area contributed by atoms with Gasteiger partial charge in [-0.05, 0) is 6.37 Å². The van der Waals surface area contributed by atoms with E-state index in [1.807, 2.05) is 0 Å². The molecule has 0 radical (unpaired) electrons. The van der Waals surface area contributed by atoms with Gasteiger partial charge in [0.1, 0.15) is 0 Å². The fraction of sp³-hybridized carbons (Fsp3) is 1.00. The summed E-state index contributed by atoms with van der Waals surface area (Å²) < 4.78 is 244. The van der Waals surface area contributed by atoms with Crippen LogP contribution in [0.15, 0.2) is 0 Å². The summed E-state index contributed by atoms with van der Waals surface area (Å²) in [6.07, 6.45) is -61.9. The van der Waals surface area contributed by atoms with Crippen molar-refractivity contribution in [1.29, 1.82) is 0 Å². The van der Waals surface area contributed by atoms with Gasteiger partial charge in [0.15, 0.2) is 0 Å². The van der Waals surface area contributed by atoms with Crippen LogP contribution in [0, 0.1) is 0 Å². The maximum atomic E-state index is 8.13. The minimum Gasteiger partial charge on any atom is -0.0928 e. The summed E-state index contributed by atoms with van der Waals surface area (Å²) in [5, 5.41) is -3.52. The zero-order chi connectivity index (χ0) is 39.5. The molecule has 0 aliphatic carbocycles. The van der Waals surface area contributed by atoms with Crippen molar-refractivity contribution in [1.82, 2.24) is 0 Å². The SMILES string of the molecule is [2H]C([2H])([2H])C([2H])([2H])C([2H])([2H])C([2H])([2H])C([2H])([2H])C([2H])([2H])C([2H])([2H])C([2H])([2H])C([2H])([2H])C([2H])([2H])C([2H])([2H])C([2H])([2H])C([2H])([2H])C([2H])([2H])C([2H])([2H])Br. The van der Waals surface area contributed by atoms with Crippen molar-refractivity contribution in [3.8, 4) is 0 Å². The largest absolute Gasteiger partial charge is 0.0928 e. The van der Waals surface area contributed by atoms with E-state index in [9.17, 15) is 0 Å². The van der Waals surface area contributed by atoms with Gasteiger partial charge in [0.05, 0.1) is 0 Å². The van der Waals surface area contributed by atoms with Crippen LogP contribution in [0.4, 0.5) is 0 Å². The Hall–Kier alpha value is 0.480. The number of hydrogen-bond donors (Lipinski definition) is 0. The molecule has 0 saturated carbocycles. The van der Waals surface area contributed by atoms with Crippen LogP contribution in [0.1, 0.15) is 132 Å². The van der Waals surface area contributed by atoms with Crippen molar-refractivity contribution < 1.29 is 42.5 Å². The topological polar surface area (TPSA) is 0 Å². The molecule has 1 heteroatoms. The van der Waals surface area contributed by atoms with Crippen molar-refractivity contribution in [3.63, 3.8) is 0 Å². The lowest BCUT2D eigenvalue weighted by Gasteiger charge is -2.02. The van der Waals surface area contributed by atoms with Crippen LogP contribution in [0.2, 0.25) is 0 Å². The molecule has 0 unspecified atom stereocenters. The molecule has 0 nitrogen and oxygen atoms in total. The molecule has 0 aliphatic heterocycles. The third-order valence-corrected chi connectivity index (χ3v) is 0.995. The van der Waals surface area contributed by atoms with Gasteiger partial charge in [-0.2, -0.15) is 0 Å². The van der Waals surface area contributed by atoms with E-state index in [4.69, 9.17) is 42.5 Å². The van der Waals surface area contributed by atoms with E-state index < -0.39 is 95.0 Å². The molecule has 16 heavy (non-hydrogen) atoms. The monoisotopic (exact) mass is 321 g/mol. The van der Waals surface area contributed by atoms with E-state index in [1.165, 1.54) is 0 Å². The molecular formula is C15H31Br. The van der Waals surface area contributed by atoms with Gasteiger partial charge in [-0.25, -0.2) is 0 Å².